The van der Waals surface area contributed by atoms with E-state index in [2.05, 4.69) is 50.5 Å². The zero-order valence-electron chi connectivity index (χ0n) is 20.8. The van der Waals surface area contributed by atoms with E-state index >= 15 is 0 Å². The number of rotatable bonds is 8. The van der Waals surface area contributed by atoms with Gasteiger partial charge in [0.05, 0.1) is 28.5 Å². The van der Waals surface area contributed by atoms with Crippen molar-refractivity contribution in [1.29, 1.82) is 0 Å². The van der Waals surface area contributed by atoms with Crippen LogP contribution in [0.25, 0.3) is 0 Å². The molecule has 1 aromatic carbocycles. The van der Waals surface area contributed by atoms with Gasteiger partial charge in [0.2, 0.25) is 0 Å². The first-order valence-electron chi connectivity index (χ1n) is 12.4. The highest BCUT2D eigenvalue weighted by Crippen LogP contribution is 2.35. The summed E-state index contributed by atoms with van der Waals surface area (Å²) in [5, 5.41) is 3.08. The van der Waals surface area contributed by atoms with Gasteiger partial charge in [-0.3, -0.25) is 24.6 Å². The second kappa shape index (κ2) is 11.1. The molecule has 6 nitrogen and oxygen atoms in total. The van der Waals surface area contributed by atoms with Crippen LogP contribution in [0.2, 0.25) is 0 Å². The number of aromatic nitrogens is 3. The number of thiazole rings is 1. The second-order valence-electron chi connectivity index (χ2n) is 9.42. The number of fused-ring (bicyclic) bond motifs is 1. The number of aryl methyl sites for hydroxylation is 3. The summed E-state index contributed by atoms with van der Waals surface area (Å²) in [6.45, 7) is 5.94. The van der Waals surface area contributed by atoms with E-state index < -0.39 is 0 Å². The molecule has 1 unspecified atom stereocenters. The summed E-state index contributed by atoms with van der Waals surface area (Å²) in [6, 6.07) is 14.9. The van der Waals surface area contributed by atoms with Gasteiger partial charge in [-0.05, 0) is 67.5 Å². The summed E-state index contributed by atoms with van der Waals surface area (Å²) >= 11 is 1.70. The van der Waals surface area contributed by atoms with Crippen molar-refractivity contribution in [2.24, 2.45) is 0 Å². The summed E-state index contributed by atoms with van der Waals surface area (Å²) in [4.78, 5) is 30.0. The largest absolute Gasteiger partial charge is 0.348 e. The quantitative estimate of drug-likeness (QED) is 0.345. The third-order valence-corrected chi connectivity index (χ3v) is 7.62. The van der Waals surface area contributed by atoms with Crippen molar-refractivity contribution >= 4 is 17.2 Å². The average Bonchev–Trinajstić information content (AvgIpc) is 3.40. The molecule has 0 bridgehead atoms. The zero-order valence-corrected chi connectivity index (χ0v) is 21.6. The normalized spacial score (nSPS) is 15.0. The Bertz CT molecular complexity index is 1320. The number of carbonyl (C=O) groups is 1. The highest BCUT2D eigenvalue weighted by atomic mass is 32.1. The van der Waals surface area contributed by atoms with Gasteiger partial charge >= 0.3 is 0 Å². The Balaban J connectivity index is 1.33. The van der Waals surface area contributed by atoms with Crippen LogP contribution in [0.5, 0.6) is 0 Å². The topological polar surface area (TPSA) is 71.0 Å². The SMILES string of the molecule is Cc1ccnc(C)c1C(=O)NCc1cccc(CN(Cc2cncs2)C2CCCc3cccnc32)c1. The minimum Gasteiger partial charge on any atom is -0.348 e. The smallest absolute Gasteiger partial charge is 0.253 e. The summed E-state index contributed by atoms with van der Waals surface area (Å²) in [5.41, 5.74) is 9.13. The molecular formula is C29H31N5OS. The first kappa shape index (κ1) is 24.3. The summed E-state index contributed by atoms with van der Waals surface area (Å²) in [5.74, 6) is -0.0831. The lowest BCUT2D eigenvalue weighted by atomic mass is 9.90. The van der Waals surface area contributed by atoms with E-state index in [-0.39, 0.29) is 11.9 Å². The van der Waals surface area contributed by atoms with Crippen LogP contribution in [0, 0.1) is 13.8 Å². The van der Waals surface area contributed by atoms with E-state index in [1.807, 2.05) is 43.9 Å². The van der Waals surface area contributed by atoms with E-state index in [4.69, 9.17) is 4.98 Å². The number of benzene rings is 1. The molecular weight excluding hydrogens is 466 g/mol. The minimum absolute atomic E-state index is 0.0831. The van der Waals surface area contributed by atoms with Crippen LogP contribution >= 0.6 is 11.3 Å². The average molecular weight is 498 g/mol. The Labute approximate surface area is 216 Å². The molecule has 1 atom stereocenters. The fourth-order valence-corrected chi connectivity index (χ4v) is 5.74. The summed E-state index contributed by atoms with van der Waals surface area (Å²) in [7, 11) is 0. The standard InChI is InChI=1S/C29H31N5OS/c1-20-11-13-31-21(2)27(20)29(35)33-15-22-6-3-7-23(14-22)17-34(18-25-16-30-19-36-25)26-10-4-8-24-9-5-12-32-28(24)26/h3,5-7,9,11-14,16,19,26H,4,8,10,15,17-18H2,1-2H3,(H,33,35). The predicted molar refractivity (Wildman–Crippen MR) is 143 cm³/mol. The van der Waals surface area contributed by atoms with Gasteiger partial charge in [0.1, 0.15) is 0 Å². The predicted octanol–water partition coefficient (Wildman–Crippen LogP) is 5.56. The van der Waals surface area contributed by atoms with Gasteiger partial charge in [-0.25, -0.2) is 0 Å². The minimum atomic E-state index is -0.0831. The van der Waals surface area contributed by atoms with Crippen molar-refractivity contribution in [2.75, 3.05) is 0 Å². The Kier molecular flexibility index (Phi) is 7.49. The first-order valence-corrected chi connectivity index (χ1v) is 13.3. The maximum atomic E-state index is 12.9. The molecule has 3 heterocycles. The lowest BCUT2D eigenvalue weighted by Gasteiger charge is -2.35. The molecule has 5 rings (SSSR count). The van der Waals surface area contributed by atoms with Crippen LogP contribution in [0.4, 0.5) is 0 Å². The Morgan fingerprint density at radius 2 is 1.97 bits per heavy atom. The van der Waals surface area contributed by atoms with E-state index in [1.54, 1.807) is 17.5 Å². The van der Waals surface area contributed by atoms with Gasteiger partial charge < -0.3 is 5.32 Å². The van der Waals surface area contributed by atoms with Crippen molar-refractivity contribution < 1.29 is 4.79 Å². The number of carbonyl (C=O) groups excluding carboxylic acids is 1. The van der Waals surface area contributed by atoms with Crippen LogP contribution in [0.15, 0.2) is 66.6 Å². The maximum Gasteiger partial charge on any atom is 0.253 e. The Hall–Kier alpha value is -3.42. The highest BCUT2D eigenvalue weighted by molar-refractivity contribution is 7.09. The van der Waals surface area contributed by atoms with Crippen molar-refractivity contribution in [3.8, 4) is 0 Å². The van der Waals surface area contributed by atoms with Crippen molar-refractivity contribution in [1.82, 2.24) is 25.2 Å². The highest BCUT2D eigenvalue weighted by Gasteiger charge is 2.27. The van der Waals surface area contributed by atoms with Gasteiger partial charge in [0.15, 0.2) is 0 Å². The molecule has 1 N–H and O–H groups in total. The van der Waals surface area contributed by atoms with E-state index in [9.17, 15) is 4.79 Å². The first-order chi connectivity index (χ1) is 17.6. The molecule has 3 aromatic heterocycles. The summed E-state index contributed by atoms with van der Waals surface area (Å²) < 4.78 is 0. The molecule has 184 valence electrons. The summed E-state index contributed by atoms with van der Waals surface area (Å²) in [6.07, 6.45) is 8.98. The van der Waals surface area contributed by atoms with E-state index in [0.29, 0.717) is 12.1 Å². The number of hydrogen-bond acceptors (Lipinski definition) is 6. The van der Waals surface area contributed by atoms with Gasteiger partial charge in [-0.1, -0.05) is 30.3 Å². The fraction of sp³-hybridized carbons (Fsp3) is 0.310. The van der Waals surface area contributed by atoms with E-state index in [1.165, 1.54) is 28.1 Å². The van der Waals surface area contributed by atoms with Crippen molar-refractivity contribution in [2.45, 2.75) is 58.8 Å². The second-order valence-corrected chi connectivity index (χ2v) is 10.4. The van der Waals surface area contributed by atoms with Crippen LogP contribution in [0.3, 0.4) is 0 Å². The fourth-order valence-electron chi connectivity index (χ4n) is 5.12. The lowest BCUT2D eigenvalue weighted by molar-refractivity contribution is 0.0949. The number of nitrogens with zero attached hydrogens (tertiary/aromatic N) is 4. The van der Waals surface area contributed by atoms with Gasteiger partial charge in [-0.15, -0.1) is 11.3 Å². The third kappa shape index (κ3) is 5.53. The van der Waals surface area contributed by atoms with Crippen LogP contribution < -0.4 is 5.32 Å². The Morgan fingerprint density at radius 3 is 2.81 bits per heavy atom. The Morgan fingerprint density at radius 1 is 1.08 bits per heavy atom. The number of amides is 1. The van der Waals surface area contributed by atoms with Gasteiger partial charge in [0, 0.05) is 43.1 Å². The molecule has 1 amide bonds. The molecule has 7 heteroatoms. The molecule has 1 aliphatic carbocycles. The monoisotopic (exact) mass is 497 g/mol. The molecule has 0 aliphatic heterocycles. The molecule has 0 radical (unpaired) electrons. The van der Waals surface area contributed by atoms with Gasteiger partial charge in [-0.2, -0.15) is 0 Å². The maximum absolute atomic E-state index is 12.9. The molecule has 0 saturated carbocycles. The van der Waals surface area contributed by atoms with Gasteiger partial charge in [0.25, 0.3) is 5.91 Å². The van der Waals surface area contributed by atoms with Crippen molar-refractivity contribution in [3.63, 3.8) is 0 Å². The third-order valence-electron chi connectivity index (χ3n) is 6.85. The molecule has 0 fully saturated rings. The lowest BCUT2D eigenvalue weighted by Crippen LogP contribution is -2.31. The van der Waals surface area contributed by atoms with E-state index in [0.717, 1.165) is 42.8 Å². The molecule has 4 aromatic rings. The zero-order chi connectivity index (χ0) is 24.9. The number of pyridine rings is 2. The van der Waals surface area contributed by atoms with Crippen LogP contribution in [-0.4, -0.2) is 25.8 Å². The molecule has 0 saturated heterocycles. The molecule has 1 aliphatic rings. The van der Waals surface area contributed by atoms with Crippen molar-refractivity contribution in [3.05, 3.63) is 111 Å². The molecule has 36 heavy (non-hydrogen) atoms. The van der Waals surface area contributed by atoms with Crippen LogP contribution in [-0.2, 0) is 26.1 Å². The van der Waals surface area contributed by atoms with Crippen LogP contribution in [0.1, 0.15) is 67.8 Å². The number of hydrogen-bond donors (Lipinski definition) is 1. The number of nitrogens with one attached hydrogen (secondary N) is 1. The molecule has 0 spiro atoms.